The second-order valence-electron chi connectivity index (χ2n) is 7.73. The fourth-order valence-corrected chi connectivity index (χ4v) is 3.65. The molecule has 1 amide bonds. The number of hydrogen-bond donors (Lipinski definition) is 2. The Morgan fingerprint density at radius 2 is 1.52 bits per heavy atom. The number of carbonyl (C=O) groups excluding carboxylic acids is 1. The molecule has 1 fully saturated rings. The van der Waals surface area contributed by atoms with Gasteiger partial charge in [0, 0.05) is 5.69 Å². The van der Waals surface area contributed by atoms with E-state index in [0.29, 0.717) is 35.9 Å². The highest BCUT2D eigenvalue weighted by Gasteiger charge is 2.22. The summed E-state index contributed by atoms with van der Waals surface area (Å²) >= 11 is 0. The first-order valence-corrected chi connectivity index (χ1v) is 10.2. The summed E-state index contributed by atoms with van der Waals surface area (Å²) in [6, 6.07) is 10.4. The Kier molecular flexibility index (Phi) is 7.94. The van der Waals surface area contributed by atoms with Crippen molar-refractivity contribution < 1.29 is 33.0 Å². The Hall–Kier alpha value is -3.00. The second-order valence-corrected chi connectivity index (χ2v) is 7.73. The van der Waals surface area contributed by atoms with Crippen LogP contribution in [0.5, 0.6) is 0 Å². The van der Waals surface area contributed by atoms with Gasteiger partial charge in [-0.15, -0.1) is 0 Å². The van der Waals surface area contributed by atoms with Crippen molar-refractivity contribution in [2.24, 2.45) is 11.8 Å². The molecule has 1 aliphatic carbocycles. The molecule has 0 bridgehead atoms. The van der Waals surface area contributed by atoms with Gasteiger partial charge in [-0.05, 0) is 72.9 Å². The van der Waals surface area contributed by atoms with Crippen LogP contribution in [0.3, 0.4) is 0 Å². The molecule has 8 heteroatoms. The molecule has 0 saturated heterocycles. The predicted molar refractivity (Wildman–Crippen MR) is 111 cm³/mol. The first-order valence-electron chi connectivity index (χ1n) is 10.2. The topological polar surface area (TPSA) is 84.9 Å². The van der Waals surface area contributed by atoms with Gasteiger partial charge in [-0.1, -0.05) is 18.2 Å². The van der Waals surface area contributed by atoms with E-state index in [9.17, 15) is 18.4 Å². The fraction of sp³-hybridized carbons (Fsp3) is 0.391. The zero-order valence-electron chi connectivity index (χ0n) is 17.0. The van der Waals surface area contributed by atoms with Gasteiger partial charge in [-0.2, -0.15) is 0 Å². The predicted octanol–water partition coefficient (Wildman–Crippen LogP) is 5.09. The number of hydrogen-bond acceptors (Lipinski definition) is 4. The number of halogens is 2. The number of aliphatic carboxylic acids is 1. The zero-order chi connectivity index (χ0) is 22.2. The van der Waals surface area contributed by atoms with E-state index in [1.165, 1.54) is 6.07 Å². The maximum atomic E-state index is 13.4. The molecule has 2 aromatic rings. The minimum atomic E-state index is -0.966. The van der Waals surface area contributed by atoms with Crippen LogP contribution in [-0.2, 0) is 14.3 Å². The van der Waals surface area contributed by atoms with Gasteiger partial charge in [0.05, 0.1) is 13.2 Å². The summed E-state index contributed by atoms with van der Waals surface area (Å²) in [5, 5.41) is 11.2. The van der Waals surface area contributed by atoms with Gasteiger partial charge in [0.2, 0.25) is 0 Å². The van der Waals surface area contributed by atoms with Gasteiger partial charge in [-0.3, -0.25) is 5.32 Å². The standard InChI is InChI=1S/C23H25F2NO5/c24-20-10-7-18(11-21(20)25)17-5-8-19(9-6-17)26-23(29)31-13-16-3-1-15(2-4-16)12-30-14-22(27)28/h5-11,15-16H,1-4,12-14H2,(H,26,29)(H,27,28). The normalized spacial score (nSPS) is 18.4. The lowest BCUT2D eigenvalue weighted by Crippen LogP contribution is -2.25. The third-order valence-electron chi connectivity index (χ3n) is 5.38. The number of carboxylic acids is 1. The summed E-state index contributed by atoms with van der Waals surface area (Å²) in [6.45, 7) is 0.493. The number of ether oxygens (including phenoxy) is 2. The SMILES string of the molecule is O=C(O)COCC1CCC(COC(=O)Nc2ccc(-c3ccc(F)c(F)c3)cc2)CC1. The smallest absolute Gasteiger partial charge is 0.411 e. The minimum absolute atomic E-state index is 0.273. The molecule has 0 aromatic heterocycles. The second kappa shape index (κ2) is 10.9. The Morgan fingerprint density at radius 3 is 2.13 bits per heavy atom. The van der Waals surface area contributed by atoms with Gasteiger partial charge < -0.3 is 14.6 Å². The Balaban J connectivity index is 1.39. The molecule has 2 N–H and O–H groups in total. The van der Waals surface area contributed by atoms with Crippen molar-refractivity contribution in [1.29, 1.82) is 0 Å². The van der Waals surface area contributed by atoms with Crippen molar-refractivity contribution in [1.82, 2.24) is 0 Å². The van der Waals surface area contributed by atoms with Crippen LogP contribution in [0.25, 0.3) is 11.1 Å². The minimum Gasteiger partial charge on any atom is -0.480 e. The van der Waals surface area contributed by atoms with Crippen LogP contribution in [0.2, 0.25) is 0 Å². The molecule has 0 spiro atoms. The monoisotopic (exact) mass is 433 g/mol. The highest BCUT2D eigenvalue weighted by Crippen LogP contribution is 2.29. The number of benzene rings is 2. The number of anilines is 1. The summed E-state index contributed by atoms with van der Waals surface area (Å²) < 4.78 is 36.9. The molecule has 0 unspecified atom stereocenters. The number of rotatable bonds is 8. The molecular formula is C23H25F2NO5. The maximum absolute atomic E-state index is 13.4. The van der Waals surface area contributed by atoms with Gasteiger partial charge in [0.1, 0.15) is 6.61 Å². The molecule has 6 nitrogen and oxygen atoms in total. The van der Waals surface area contributed by atoms with Gasteiger partial charge in [0.25, 0.3) is 0 Å². The van der Waals surface area contributed by atoms with Gasteiger partial charge in [-0.25, -0.2) is 18.4 Å². The average Bonchev–Trinajstić information content (AvgIpc) is 2.75. The zero-order valence-corrected chi connectivity index (χ0v) is 17.0. The van der Waals surface area contributed by atoms with E-state index in [2.05, 4.69) is 5.32 Å². The van der Waals surface area contributed by atoms with E-state index in [1.807, 2.05) is 0 Å². The maximum Gasteiger partial charge on any atom is 0.411 e. The third-order valence-corrected chi connectivity index (χ3v) is 5.38. The lowest BCUT2D eigenvalue weighted by atomic mass is 9.83. The van der Waals surface area contributed by atoms with Crippen LogP contribution < -0.4 is 5.32 Å². The van der Waals surface area contributed by atoms with E-state index in [-0.39, 0.29) is 12.5 Å². The van der Waals surface area contributed by atoms with Crippen LogP contribution in [0, 0.1) is 23.5 Å². The fourth-order valence-electron chi connectivity index (χ4n) is 3.65. The summed E-state index contributed by atoms with van der Waals surface area (Å²) in [5.41, 5.74) is 1.77. The third kappa shape index (κ3) is 7.03. The van der Waals surface area contributed by atoms with Crippen LogP contribution in [-0.4, -0.2) is 37.0 Å². The highest BCUT2D eigenvalue weighted by molar-refractivity contribution is 5.85. The van der Waals surface area contributed by atoms with E-state index in [0.717, 1.165) is 37.8 Å². The molecule has 166 valence electrons. The van der Waals surface area contributed by atoms with Crippen molar-refractivity contribution in [3.63, 3.8) is 0 Å². The Morgan fingerprint density at radius 1 is 0.903 bits per heavy atom. The molecular weight excluding hydrogens is 408 g/mol. The first-order chi connectivity index (χ1) is 14.9. The molecule has 1 saturated carbocycles. The van der Waals surface area contributed by atoms with Crippen LogP contribution in [0.1, 0.15) is 25.7 Å². The van der Waals surface area contributed by atoms with E-state index >= 15 is 0 Å². The van der Waals surface area contributed by atoms with E-state index in [4.69, 9.17) is 14.6 Å². The van der Waals surface area contributed by atoms with Crippen LogP contribution >= 0.6 is 0 Å². The van der Waals surface area contributed by atoms with Crippen molar-refractivity contribution >= 4 is 17.7 Å². The molecule has 0 radical (unpaired) electrons. The summed E-state index contributed by atoms with van der Waals surface area (Å²) in [4.78, 5) is 22.5. The molecule has 2 aromatic carbocycles. The van der Waals surface area contributed by atoms with Crippen molar-refractivity contribution in [2.75, 3.05) is 25.1 Å². The van der Waals surface area contributed by atoms with Crippen molar-refractivity contribution in [2.45, 2.75) is 25.7 Å². The molecule has 31 heavy (non-hydrogen) atoms. The quantitative estimate of drug-likeness (QED) is 0.606. The first kappa shape index (κ1) is 22.7. The van der Waals surface area contributed by atoms with Crippen LogP contribution in [0.15, 0.2) is 42.5 Å². The number of carbonyl (C=O) groups is 2. The highest BCUT2D eigenvalue weighted by atomic mass is 19.2. The average molecular weight is 433 g/mol. The van der Waals surface area contributed by atoms with Crippen LogP contribution in [0.4, 0.5) is 19.3 Å². The Bertz CT molecular complexity index is 895. The number of amides is 1. The lowest BCUT2D eigenvalue weighted by molar-refractivity contribution is -0.142. The molecule has 0 aliphatic heterocycles. The molecule has 1 aliphatic rings. The van der Waals surface area contributed by atoms with E-state index < -0.39 is 23.7 Å². The molecule has 3 rings (SSSR count). The summed E-state index contributed by atoms with van der Waals surface area (Å²) in [5.74, 6) is -2.16. The number of carboxylic acid groups (broad SMARTS) is 1. The lowest BCUT2D eigenvalue weighted by Gasteiger charge is -2.27. The number of nitrogens with one attached hydrogen (secondary N) is 1. The van der Waals surface area contributed by atoms with Gasteiger partial charge in [0.15, 0.2) is 11.6 Å². The Labute approximate surface area is 179 Å². The summed E-state index contributed by atoms with van der Waals surface area (Å²) in [7, 11) is 0. The largest absolute Gasteiger partial charge is 0.480 e. The summed E-state index contributed by atoms with van der Waals surface area (Å²) in [6.07, 6.45) is 3.09. The van der Waals surface area contributed by atoms with Gasteiger partial charge >= 0.3 is 12.1 Å². The van der Waals surface area contributed by atoms with E-state index in [1.54, 1.807) is 24.3 Å². The van der Waals surface area contributed by atoms with Crippen molar-refractivity contribution in [3.8, 4) is 11.1 Å². The molecule has 0 heterocycles. The van der Waals surface area contributed by atoms with Crippen molar-refractivity contribution in [3.05, 3.63) is 54.1 Å². The molecule has 0 atom stereocenters.